The molecule has 0 bridgehead atoms. The third-order valence-electron chi connectivity index (χ3n) is 3.08. The van der Waals surface area contributed by atoms with E-state index in [9.17, 15) is 0 Å². The molecule has 5 heteroatoms. The molecule has 3 aromatic rings. The Kier molecular flexibility index (Phi) is 3.26. The molecule has 1 aromatic carbocycles. The van der Waals surface area contributed by atoms with Crippen molar-refractivity contribution in [3.8, 4) is 11.8 Å². The van der Waals surface area contributed by atoms with Crippen LogP contribution in [0.4, 0.5) is 0 Å². The van der Waals surface area contributed by atoms with Gasteiger partial charge in [-0.2, -0.15) is 4.98 Å². The summed E-state index contributed by atoms with van der Waals surface area (Å²) >= 11 is 0. The summed E-state index contributed by atoms with van der Waals surface area (Å²) in [6.45, 7) is 2.31. The molecule has 2 heterocycles. The predicted octanol–water partition coefficient (Wildman–Crippen LogP) is 2.58. The van der Waals surface area contributed by atoms with Gasteiger partial charge in [0.05, 0.1) is 0 Å². The van der Waals surface area contributed by atoms with Gasteiger partial charge in [-0.1, -0.05) is 18.2 Å². The summed E-state index contributed by atoms with van der Waals surface area (Å²) in [5.74, 6) is 0.642. The fourth-order valence-electron chi connectivity index (χ4n) is 1.98. The van der Waals surface area contributed by atoms with Crippen LogP contribution < -0.4 is 10.5 Å². The lowest BCUT2D eigenvalue weighted by molar-refractivity contribution is 0.443. The second kappa shape index (κ2) is 5.22. The molecular formula is C15H14N4O. The first-order valence-electron chi connectivity index (χ1n) is 6.32. The summed E-state index contributed by atoms with van der Waals surface area (Å²) in [6.07, 6.45) is 3.43. The number of hydrogen-bond donors (Lipinski definition) is 1. The summed E-state index contributed by atoms with van der Waals surface area (Å²) in [4.78, 5) is 12.8. The Morgan fingerprint density at radius 3 is 2.80 bits per heavy atom. The van der Waals surface area contributed by atoms with E-state index in [4.69, 9.17) is 10.5 Å². The molecule has 5 nitrogen and oxygen atoms in total. The van der Waals surface area contributed by atoms with Crippen LogP contribution in [0.15, 0.2) is 42.7 Å². The van der Waals surface area contributed by atoms with Crippen LogP contribution >= 0.6 is 0 Å². The van der Waals surface area contributed by atoms with Gasteiger partial charge >= 0.3 is 6.01 Å². The minimum absolute atomic E-state index is 0.304. The highest BCUT2D eigenvalue weighted by molar-refractivity contribution is 5.84. The number of nitrogens with zero attached hydrogens (tertiary/aromatic N) is 3. The molecule has 2 aromatic heterocycles. The number of ether oxygens (including phenoxy) is 1. The van der Waals surface area contributed by atoms with Gasteiger partial charge in [-0.15, -0.1) is 0 Å². The zero-order chi connectivity index (χ0) is 13.9. The van der Waals surface area contributed by atoms with Crippen molar-refractivity contribution >= 4 is 10.9 Å². The van der Waals surface area contributed by atoms with Crippen molar-refractivity contribution in [1.29, 1.82) is 0 Å². The number of aryl methyl sites for hydroxylation is 1. The van der Waals surface area contributed by atoms with Crippen LogP contribution in [0.25, 0.3) is 10.9 Å². The Morgan fingerprint density at radius 2 is 2.00 bits per heavy atom. The minimum Gasteiger partial charge on any atom is -0.422 e. The molecule has 3 rings (SSSR count). The lowest BCUT2D eigenvalue weighted by Gasteiger charge is -2.08. The normalized spacial score (nSPS) is 10.7. The van der Waals surface area contributed by atoms with E-state index in [0.717, 1.165) is 22.2 Å². The second-order valence-electron chi connectivity index (χ2n) is 4.40. The molecule has 0 amide bonds. The molecule has 0 saturated heterocycles. The molecule has 0 aliphatic heterocycles. The molecule has 20 heavy (non-hydrogen) atoms. The van der Waals surface area contributed by atoms with E-state index in [-0.39, 0.29) is 0 Å². The van der Waals surface area contributed by atoms with E-state index in [1.807, 2.05) is 37.3 Å². The lowest BCUT2D eigenvalue weighted by atomic mass is 10.2. The van der Waals surface area contributed by atoms with Crippen molar-refractivity contribution in [3.05, 3.63) is 54.0 Å². The van der Waals surface area contributed by atoms with Crippen LogP contribution in [0.3, 0.4) is 0 Å². The smallest absolute Gasteiger partial charge is 0.322 e. The number of nitrogens with two attached hydrogens (primary N) is 1. The zero-order valence-corrected chi connectivity index (χ0v) is 11.1. The Bertz CT molecular complexity index is 752. The second-order valence-corrected chi connectivity index (χ2v) is 4.40. The van der Waals surface area contributed by atoms with Crippen LogP contribution in [0, 0.1) is 6.92 Å². The van der Waals surface area contributed by atoms with Crippen molar-refractivity contribution in [2.75, 3.05) is 0 Å². The van der Waals surface area contributed by atoms with Gasteiger partial charge in [-0.25, -0.2) is 4.98 Å². The number of aromatic nitrogens is 3. The predicted molar refractivity (Wildman–Crippen MR) is 76.5 cm³/mol. The maximum Gasteiger partial charge on any atom is 0.322 e. The molecule has 0 radical (unpaired) electrons. The van der Waals surface area contributed by atoms with Crippen LogP contribution in [0.5, 0.6) is 11.8 Å². The summed E-state index contributed by atoms with van der Waals surface area (Å²) in [6, 6.07) is 9.93. The number of pyridine rings is 1. The molecule has 100 valence electrons. The summed E-state index contributed by atoms with van der Waals surface area (Å²) < 4.78 is 5.75. The van der Waals surface area contributed by atoms with E-state index in [0.29, 0.717) is 18.3 Å². The topological polar surface area (TPSA) is 73.9 Å². The van der Waals surface area contributed by atoms with E-state index >= 15 is 0 Å². The van der Waals surface area contributed by atoms with E-state index in [2.05, 4.69) is 15.0 Å². The van der Waals surface area contributed by atoms with Crippen LogP contribution in [-0.2, 0) is 6.54 Å². The molecule has 0 atom stereocenters. The van der Waals surface area contributed by atoms with Gasteiger partial charge in [0.1, 0.15) is 5.52 Å². The largest absolute Gasteiger partial charge is 0.422 e. The first kappa shape index (κ1) is 12.5. The monoisotopic (exact) mass is 266 g/mol. The summed E-state index contributed by atoms with van der Waals surface area (Å²) in [5.41, 5.74) is 8.12. The molecule has 0 aliphatic rings. The van der Waals surface area contributed by atoms with Crippen molar-refractivity contribution in [2.24, 2.45) is 5.73 Å². The van der Waals surface area contributed by atoms with Gasteiger partial charge in [0.15, 0.2) is 5.75 Å². The zero-order valence-electron chi connectivity index (χ0n) is 11.1. The summed E-state index contributed by atoms with van der Waals surface area (Å²) in [5, 5.41) is 1.01. The maximum absolute atomic E-state index is 5.75. The molecule has 2 N–H and O–H groups in total. The number of rotatable bonds is 3. The highest BCUT2D eigenvalue weighted by Gasteiger charge is 2.07. The van der Waals surface area contributed by atoms with Crippen LogP contribution in [0.2, 0.25) is 0 Å². The Hall–Kier alpha value is -2.53. The van der Waals surface area contributed by atoms with Crippen molar-refractivity contribution < 1.29 is 4.74 Å². The Morgan fingerprint density at radius 1 is 1.15 bits per heavy atom. The number of hydrogen-bond acceptors (Lipinski definition) is 5. The van der Waals surface area contributed by atoms with Gasteiger partial charge in [0, 0.05) is 35.6 Å². The molecule has 0 fully saturated rings. The maximum atomic E-state index is 5.75. The average molecular weight is 266 g/mol. The van der Waals surface area contributed by atoms with Crippen molar-refractivity contribution in [1.82, 2.24) is 15.0 Å². The third-order valence-corrected chi connectivity index (χ3v) is 3.08. The number of benzene rings is 1. The first-order chi connectivity index (χ1) is 9.78. The lowest BCUT2D eigenvalue weighted by Crippen LogP contribution is -2.03. The first-order valence-corrected chi connectivity index (χ1v) is 6.32. The fourth-order valence-corrected chi connectivity index (χ4v) is 1.98. The Labute approximate surface area is 116 Å². The van der Waals surface area contributed by atoms with E-state index < -0.39 is 0 Å². The Balaban J connectivity index is 1.99. The average Bonchev–Trinajstić information content (AvgIpc) is 2.48. The fraction of sp³-hybridized carbons (Fsp3) is 0.133. The quantitative estimate of drug-likeness (QED) is 0.788. The standard InChI is InChI=1S/C15H14N4O/c1-10-12(8-16)9-18-15(19-10)20-13-6-2-4-11-5-3-7-17-14(11)13/h2-7,9H,8,16H2,1H3. The minimum atomic E-state index is 0.304. The SMILES string of the molecule is Cc1nc(Oc2cccc3cccnc23)ncc1CN. The third kappa shape index (κ3) is 2.31. The molecule has 0 spiro atoms. The molecule has 0 saturated carbocycles. The highest BCUT2D eigenvalue weighted by atomic mass is 16.5. The molecular weight excluding hydrogens is 252 g/mol. The van der Waals surface area contributed by atoms with Crippen molar-refractivity contribution in [3.63, 3.8) is 0 Å². The molecule has 0 aliphatic carbocycles. The van der Waals surface area contributed by atoms with Gasteiger partial charge in [-0.05, 0) is 19.1 Å². The highest BCUT2D eigenvalue weighted by Crippen LogP contribution is 2.26. The summed E-state index contributed by atoms with van der Waals surface area (Å²) in [7, 11) is 0. The number of para-hydroxylation sites is 1. The van der Waals surface area contributed by atoms with Crippen molar-refractivity contribution in [2.45, 2.75) is 13.5 Å². The van der Waals surface area contributed by atoms with Gasteiger partial charge in [-0.3, -0.25) is 4.98 Å². The van der Waals surface area contributed by atoms with Gasteiger partial charge < -0.3 is 10.5 Å². The van der Waals surface area contributed by atoms with Crippen LogP contribution in [0.1, 0.15) is 11.3 Å². The van der Waals surface area contributed by atoms with E-state index in [1.54, 1.807) is 12.4 Å². The molecule has 0 unspecified atom stereocenters. The van der Waals surface area contributed by atoms with Crippen LogP contribution in [-0.4, -0.2) is 15.0 Å². The van der Waals surface area contributed by atoms with Gasteiger partial charge in [0.25, 0.3) is 0 Å². The van der Waals surface area contributed by atoms with Gasteiger partial charge in [0.2, 0.25) is 0 Å². The number of fused-ring (bicyclic) bond motifs is 1. The van der Waals surface area contributed by atoms with E-state index in [1.165, 1.54) is 0 Å².